The van der Waals surface area contributed by atoms with E-state index in [0.29, 0.717) is 24.2 Å². The van der Waals surface area contributed by atoms with Gasteiger partial charge in [0.25, 0.3) is 0 Å². The first-order chi connectivity index (χ1) is 16.1. The van der Waals surface area contributed by atoms with Crippen LogP contribution < -0.4 is 9.64 Å². The van der Waals surface area contributed by atoms with Crippen molar-refractivity contribution in [3.05, 3.63) is 35.8 Å². The molecule has 1 aliphatic rings. The first-order valence-electron chi connectivity index (χ1n) is 12.3. The molecule has 0 amide bonds. The molecule has 2 aromatic heterocycles. The van der Waals surface area contributed by atoms with Gasteiger partial charge in [0.2, 0.25) is 0 Å². The van der Waals surface area contributed by atoms with Crippen LogP contribution in [0.15, 0.2) is 24.5 Å². The molecule has 1 saturated heterocycles. The lowest BCUT2D eigenvalue weighted by Gasteiger charge is -2.40. The minimum Gasteiger partial charge on any atom is -0.492 e. The average Bonchev–Trinajstić information content (AvgIpc) is 2.75. The Hall–Kier alpha value is -2.67. The van der Waals surface area contributed by atoms with E-state index in [2.05, 4.69) is 28.7 Å². The number of hydrogen-bond acceptors (Lipinski definition) is 7. The largest absolute Gasteiger partial charge is 0.492 e. The van der Waals surface area contributed by atoms with Crippen LogP contribution in [0, 0.1) is 12.3 Å². The number of carbonyl (C=O) groups excluding carboxylic acids is 1. The fraction of sp³-hybridized carbons (Fsp3) is 0.593. The second-order valence-corrected chi connectivity index (χ2v) is 10.3. The maximum atomic E-state index is 12.6. The summed E-state index contributed by atoms with van der Waals surface area (Å²) < 4.78 is 11.2. The monoisotopic (exact) mass is 469 g/mol. The molecule has 0 bridgehead atoms. The first-order valence-corrected chi connectivity index (χ1v) is 12.3. The fourth-order valence-electron chi connectivity index (χ4n) is 4.15. The van der Waals surface area contributed by atoms with Crippen molar-refractivity contribution in [1.82, 2.24) is 9.97 Å². The molecule has 0 spiro atoms. The summed E-state index contributed by atoms with van der Waals surface area (Å²) in [5.41, 5.74) is 4.77. The van der Waals surface area contributed by atoms with Crippen LogP contribution in [0.2, 0.25) is 0 Å². The van der Waals surface area contributed by atoms with Crippen LogP contribution in [0.5, 0.6) is 5.75 Å². The summed E-state index contributed by atoms with van der Waals surface area (Å²) in [5.74, 6) is 0.414. The number of aromatic nitrogens is 2. The minimum atomic E-state index is -0.399. The summed E-state index contributed by atoms with van der Waals surface area (Å²) in [6, 6.07) is 3.82. The molecule has 2 aromatic rings. The number of aliphatic hydroxyl groups is 1. The number of aliphatic hydroxyl groups excluding tert-OH is 1. The van der Waals surface area contributed by atoms with Crippen LogP contribution in [-0.2, 0) is 16.0 Å². The third-order valence-electron chi connectivity index (χ3n) is 6.30. The predicted octanol–water partition coefficient (Wildman–Crippen LogP) is 4.72. The van der Waals surface area contributed by atoms with Gasteiger partial charge in [0, 0.05) is 42.5 Å². The number of aryl methyl sites for hydroxylation is 1. The van der Waals surface area contributed by atoms with Crippen LogP contribution in [-0.4, -0.2) is 52.9 Å². The van der Waals surface area contributed by atoms with E-state index >= 15 is 0 Å². The Balaban J connectivity index is 1.96. The van der Waals surface area contributed by atoms with Crippen molar-refractivity contribution in [3.63, 3.8) is 0 Å². The van der Waals surface area contributed by atoms with E-state index in [1.165, 1.54) is 0 Å². The van der Waals surface area contributed by atoms with Gasteiger partial charge < -0.3 is 19.5 Å². The molecule has 186 valence electrons. The molecule has 1 fully saturated rings. The Morgan fingerprint density at radius 3 is 2.44 bits per heavy atom. The van der Waals surface area contributed by atoms with Gasteiger partial charge in [-0.05, 0) is 58.1 Å². The summed E-state index contributed by atoms with van der Waals surface area (Å²) in [7, 11) is 0. The Labute approximate surface area is 203 Å². The Kier molecular flexibility index (Phi) is 8.52. The van der Waals surface area contributed by atoms with Gasteiger partial charge in [0.15, 0.2) is 0 Å². The highest BCUT2D eigenvalue weighted by Crippen LogP contribution is 2.39. The second-order valence-electron chi connectivity index (χ2n) is 10.3. The van der Waals surface area contributed by atoms with Crippen molar-refractivity contribution in [2.75, 3.05) is 24.6 Å². The number of piperidine rings is 1. The highest BCUT2D eigenvalue weighted by molar-refractivity contribution is 5.84. The van der Waals surface area contributed by atoms with E-state index < -0.39 is 6.10 Å². The molecule has 7 heteroatoms. The molecule has 0 radical (unpaired) electrons. The van der Waals surface area contributed by atoms with Crippen molar-refractivity contribution in [2.24, 2.45) is 5.41 Å². The fourth-order valence-corrected chi connectivity index (χ4v) is 4.15. The highest BCUT2D eigenvalue weighted by Gasteiger charge is 2.29. The van der Waals surface area contributed by atoms with E-state index in [4.69, 9.17) is 9.47 Å². The quantitative estimate of drug-likeness (QED) is 0.532. The number of pyridine rings is 2. The Morgan fingerprint density at radius 2 is 1.85 bits per heavy atom. The van der Waals surface area contributed by atoms with Gasteiger partial charge >= 0.3 is 5.97 Å². The van der Waals surface area contributed by atoms with E-state index in [1.54, 1.807) is 13.1 Å². The molecular formula is C27H39N3O4. The van der Waals surface area contributed by atoms with Crippen LogP contribution in [0.1, 0.15) is 65.1 Å². The Bertz CT molecular complexity index is 961. The molecule has 1 N–H and O–H groups in total. The van der Waals surface area contributed by atoms with Gasteiger partial charge in [0.1, 0.15) is 5.75 Å². The van der Waals surface area contributed by atoms with Crippen molar-refractivity contribution in [3.8, 4) is 17.0 Å². The number of esters is 1. The molecule has 0 aromatic carbocycles. The lowest BCUT2D eigenvalue weighted by molar-refractivity contribution is -0.146. The van der Waals surface area contributed by atoms with Crippen molar-refractivity contribution in [1.29, 1.82) is 0 Å². The van der Waals surface area contributed by atoms with Gasteiger partial charge in [-0.2, -0.15) is 0 Å². The van der Waals surface area contributed by atoms with Crippen molar-refractivity contribution >= 4 is 11.7 Å². The van der Waals surface area contributed by atoms with Gasteiger partial charge in [-0.25, -0.2) is 0 Å². The van der Waals surface area contributed by atoms with Gasteiger partial charge in [-0.1, -0.05) is 13.8 Å². The molecule has 3 rings (SSSR count). The SMILES string of the molecule is Cc1ncc(-c2ccc(OCCC(C)O)cn2)c(N2CCC(C)(C)CC2)c1CC(=O)OC(C)C. The van der Waals surface area contributed by atoms with E-state index in [-0.39, 0.29) is 18.5 Å². The van der Waals surface area contributed by atoms with Crippen molar-refractivity contribution < 1.29 is 19.4 Å². The molecule has 34 heavy (non-hydrogen) atoms. The zero-order valence-corrected chi connectivity index (χ0v) is 21.4. The first kappa shape index (κ1) is 25.9. The molecule has 7 nitrogen and oxygen atoms in total. The number of nitrogens with zero attached hydrogens (tertiary/aromatic N) is 3. The lowest BCUT2D eigenvalue weighted by Crippen LogP contribution is -2.38. The van der Waals surface area contributed by atoms with Gasteiger partial charge in [-0.3, -0.25) is 14.8 Å². The number of anilines is 1. The number of hydrogen-bond donors (Lipinski definition) is 1. The van der Waals surface area contributed by atoms with E-state index in [1.807, 2.05) is 39.1 Å². The lowest BCUT2D eigenvalue weighted by atomic mass is 9.82. The molecule has 1 aliphatic heterocycles. The summed E-state index contributed by atoms with van der Waals surface area (Å²) in [5, 5.41) is 9.43. The maximum absolute atomic E-state index is 12.6. The minimum absolute atomic E-state index is 0.161. The molecule has 0 aliphatic carbocycles. The van der Waals surface area contributed by atoms with E-state index in [0.717, 1.165) is 54.1 Å². The number of rotatable bonds is 9. The van der Waals surface area contributed by atoms with E-state index in [9.17, 15) is 9.90 Å². The predicted molar refractivity (Wildman–Crippen MR) is 134 cm³/mol. The number of ether oxygens (including phenoxy) is 2. The summed E-state index contributed by atoms with van der Waals surface area (Å²) in [6.07, 6.45) is 5.90. The average molecular weight is 470 g/mol. The summed E-state index contributed by atoms with van der Waals surface area (Å²) >= 11 is 0. The highest BCUT2D eigenvalue weighted by atomic mass is 16.5. The molecule has 1 atom stereocenters. The smallest absolute Gasteiger partial charge is 0.310 e. The van der Waals surface area contributed by atoms with Crippen molar-refractivity contribution in [2.45, 2.75) is 79.4 Å². The Morgan fingerprint density at radius 1 is 1.15 bits per heavy atom. The summed E-state index contributed by atoms with van der Waals surface area (Å²) in [6.45, 7) is 14.3. The standard InChI is InChI=1S/C27H39N3O4/c1-18(2)34-25(32)15-22-20(4)28-17-23(26(22)30-12-10-27(5,6)11-13-30)24-8-7-21(16-29-24)33-14-9-19(3)31/h7-8,16-19,31H,9-15H2,1-6H3. The van der Waals surface area contributed by atoms with Gasteiger partial charge in [0.05, 0.1) is 42.8 Å². The third kappa shape index (κ3) is 6.92. The zero-order valence-electron chi connectivity index (χ0n) is 21.4. The topological polar surface area (TPSA) is 84.8 Å². The van der Waals surface area contributed by atoms with Gasteiger partial charge in [-0.15, -0.1) is 0 Å². The number of carbonyl (C=O) groups is 1. The third-order valence-corrected chi connectivity index (χ3v) is 6.30. The normalized spacial score (nSPS) is 16.4. The zero-order chi connectivity index (χ0) is 24.9. The van der Waals surface area contributed by atoms with Crippen LogP contribution in [0.3, 0.4) is 0 Å². The molecule has 3 heterocycles. The molecular weight excluding hydrogens is 430 g/mol. The molecule has 1 unspecified atom stereocenters. The van der Waals surface area contributed by atoms with Crippen LogP contribution >= 0.6 is 0 Å². The second kappa shape index (κ2) is 11.2. The van der Waals surface area contributed by atoms with Crippen LogP contribution in [0.25, 0.3) is 11.3 Å². The molecule has 0 saturated carbocycles. The summed E-state index contributed by atoms with van der Waals surface area (Å²) in [4.78, 5) is 24.3. The van der Waals surface area contributed by atoms with Crippen LogP contribution in [0.4, 0.5) is 5.69 Å². The maximum Gasteiger partial charge on any atom is 0.310 e.